The largest absolute Gasteiger partial charge is 0.467 e. The van der Waals surface area contributed by atoms with Crippen molar-refractivity contribution in [2.24, 2.45) is 5.92 Å². The van der Waals surface area contributed by atoms with Gasteiger partial charge in [0.05, 0.1) is 6.04 Å². The number of hydrogen-bond donors (Lipinski definition) is 1. The summed E-state index contributed by atoms with van der Waals surface area (Å²) in [5.74, 6) is 0.152. The van der Waals surface area contributed by atoms with Crippen LogP contribution in [0.3, 0.4) is 0 Å². The smallest absolute Gasteiger partial charge is 0.233 e. The number of nitrogens with zero attached hydrogens (tertiary/aromatic N) is 2. The van der Waals surface area contributed by atoms with Crippen LogP contribution in [0.5, 0.6) is 5.75 Å². The summed E-state index contributed by atoms with van der Waals surface area (Å²) in [5, 5.41) is 4.49. The highest BCUT2D eigenvalue weighted by Gasteiger charge is 2.59. The molecular formula is C21H22ClN3O2S. The number of anilines is 1. The molecule has 2 aromatic rings. The van der Waals surface area contributed by atoms with E-state index in [9.17, 15) is 4.79 Å². The van der Waals surface area contributed by atoms with Gasteiger partial charge >= 0.3 is 0 Å². The molecule has 2 bridgehead atoms. The average molecular weight is 416 g/mol. The van der Waals surface area contributed by atoms with E-state index >= 15 is 0 Å². The number of aryl methyl sites for hydroxylation is 1. The van der Waals surface area contributed by atoms with Gasteiger partial charge in [0, 0.05) is 30.4 Å². The number of ether oxygens (including phenoxy) is 1. The minimum absolute atomic E-state index is 0.0363. The number of rotatable bonds is 2. The normalized spacial score (nSPS) is 25.5. The summed E-state index contributed by atoms with van der Waals surface area (Å²) < 4.78 is 6.50. The third-order valence-corrected chi connectivity index (χ3v) is 5.96. The van der Waals surface area contributed by atoms with Crippen molar-refractivity contribution in [2.75, 3.05) is 19.0 Å². The van der Waals surface area contributed by atoms with Crippen molar-refractivity contribution < 1.29 is 9.53 Å². The lowest BCUT2D eigenvalue weighted by molar-refractivity contribution is -0.144. The first-order valence-electron chi connectivity index (χ1n) is 9.09. The Morgan fingerprint density at radius 3 is 2.71 bits per heavy atom. The molecule has 0 radical (unpaired) electrons. The molecule has 1 saturated heterocycles. The van der Waals surface area contributed by atoms with Crippen LogP contribution in [-0.2, 0) is 4.79 Å². The Labute approximate surface area is 175 Å². The van der Waals surface area contributed by atoms with E-state index in [-0.39, 0.29) is 11.9 Å². The van der Waals surface area contributed by atoms with Gasteiger partial charge in [0.2, 0.25) is 5.91 Å². The molecule has 0 saturated carbocycles. The first-order chi connectivity index (χ1) is 13.2. The molecule has 2 aliphatic rings. The van der Waals surface area contributed by atoms with Crippen LogP contribution in [0.4, 0.5) is 5.69 Å². The zero-order valence-electron chi connectivity index (χ0n) is 16.2. The molecule has 5 nitrogen and oxygen atoms in total. The zero-order valence-corrected chi connectivity index (χ0v) is 17.8. The number of carbonyl (C=O) groups is 1. The maximum Gasteiger partial charge on any atom is 0.233 e. The third kappa shape index (κ3) is 2.83. The maximum absolute atomic E-state index is 13.3. The number of fused-ring (bicyclic) bond motifs is 4. The second-order valence-electron chi connectivity index (χ2n) is 7.65. The Morgan fingerprint density at radius 2 is 2.04 bits per heavy atom. The molecule has 0 aromatic heterocycles. The van der Waals surface area contributed by atoms with E-state index in [1.807, 2.05) is 55.1 Å². The number of thiocarbonyl (C=S) groups is 1. The molecule has 3 atom stereocenters. The number of hydrogen-bond acceptors (Lipinski definition) is 3. The highest BCUT2D eigenvalue weighted by atomic mass is 35.5. The number of carbonyl (C=O) groups excluding carboxylic acids is 1. The van der Waals surface area contributed by atoms with Gasteiger partial charge in [-0.05, 0) is 62.0 Å². The lowest BCUT2D eigenvalue weighted by Crippen LogP contribution is -2.72. The monoisotopic (exact) mass is 415 g/mol. The highest BCUT2D eigenvalue weighted by Crippen LogP contribution is 2.50. The Hall–Kier alpha value is -2.31. The van der Waals surface area contributed by atoms with Gasteiger partial charge < -0.3 is 15.0 Å². The van der Waals surface area contributed by atoms with Gasteiger partial charge in [-0.15, -0.1) is 0 Å². The molecule has 2 aromatic carbocycles. The molecule has 2 aliphatic heterocycles. The van der Waals surface area contributed by atoms with Crippen LogP contribution in [0.1, 0.15) is 24.1 Å². The fraction of sp³-hybridized carbons (Fsp3) is 0.333. The van der Waals surface area contributed by atoms with E-state index in [1.54, 1.807) is 25.1 Å². The van der Waals surface area contributed by atoms with Crippen molar-refractivity contribution in [3.63, 3.8) is 0 Å². The lowest BCUT2D eigenvalue weighted by atomic mass is 9.78. The quantitative estimate of drug-likeness (QED) is 0.754. The second kappa shape index (κ2) is 6.64. The number of halogens is 1. The summed E-state index contributed by atoms with van der Waals surface area (Å²) >= 11 is 12.0. The van der Waals surface area contributed by atoms with Crippen molar-refractivity contribution in [1.82, 2.24) is 10.2 Å². The second-order valence-corrected chi connectivity index (χ2v) is 8.47. The van der Waals surface area contributed by atoms with E-state index in [0.717, 1.165) is 16.8 Å². The van der Waals surface area contributed by atoms with E-state index < -0.39 is 11.6 Å². The molecule has 0 spiro atoms. The molecule has 28 heavy (non-hydrogen) atoms. The van der Waals surface area contributed by atoms with Crippen LogP contribution in [0.2, 0.25) is 5.02 Å². The van der Waals surface area contributed by atoms with E-state index in [1.165, 1.54) is 0 Å². The minimum Gasteiger partial charge on any atom is -0.467 e. The van der Waals surface area contributed by atoms with Gasteiger partial charge in [0.1, 0.15) is 11.7 Å². The molecule has 0 aliphatic carbocycles. The van der Waals surface area contributed by atoms with Crippen LogP contribution in [-0.4, -0.2) is 35.7 Å². The standard InChI is InChI=1S/C21H22ClN3O2S/c1-12-6-5-7-14(10-12)25-20(28)23-18-15-11-13(22)8-9-16(15)27-21(25,2)17(18)19(26)24(3)4/h5-11,17-18H,1-4H3,(H,23,28)/t17-,18-,21-/m0/s1. The summed E-state index contributed by atoms with van der Waals surface area (Å²) in [6.07, 6.45) is 0. The van der Waals surface area contributed by atoms with Gasteiger partial charge in [0.25, 0.3) is 0 Å². The Balaban J connectivity index is 1.93. The summed E-state index contributed by atoms with van der Waals surface area (Å²) in [6.45, 7) is 3.95. The van der Waals surface area contributed by atoms with E-state index in [4.69, 9.17) is 28.6 Å². The van der Waals surface area contributed by atoms with Crippen molar-refractivity contribution in [2.45, 2.75) is 25.6 Å². The zero-order chi connectivity index (χ0) is 20.2. The lowest BCUT2D eigenvalue weighted by Gasteiger charge is -2.56. The molecule has 2 heterocycles. The van der Waals surface area contributed by atoms with Gasteiger partial charge in [-0.1, -0.05) is 23.7 Å². The van der Waals surface area contributed by atoms with Gasteiger partial charge in [-0.2, -0.15) is 0 Å². The summed E-state index contributed by atoms with van der Waals surface area (Å²) in [6, 6.07) is 13.2. The highest BCUT2D eigenvalue weighted by molar-refractivity contribution is 7.80. The topological polar surface area (TPSA) is 44.8 Å². The first kappa shape index (κ1) is 19.0. The predicted octanol–water partition coefficient (Wildman–Crippen LogP) is 3.90. The van der Waals surface area contributed by atoms with Crippen molar-refractivity contribution in [3.8, 4) is 5.75 Å². The van der Waals surface area contributed by atoms with Crippen molar-refractivity contribution in [3.05, 3.63) is 58.6 Å². The Kier molecular flexibility index (Phi) is 4.51. The van der Waals surface area contributed by atoms with Crippen molar-refractivity contribution in [1.29, 1.82) is 0 Å². The summed E-state index contributed by atoms with van der Waals surface area (Å²) in [4.78, 5) is 16.8. The number of benzene rings is 2. The van der Waals surface area contributed by atoms with E-state index in [2.05, 4.69) is 5.32 Å². The van der Waals surface area contributed by atoms with Gasteiger partial charge in [0.15, 0.2) is 10.8 Å². The predicted molar refractivity (Wildman–Crippen MR) is 115 cm³/mol. The minimum atomic E-state index is -0.983. The van der Waals surface area contributed by atoms with Crippen molar-refractivity contribution >= 4 is 40.5 Å². The van der Waals surface area contributed by atoms with Gasteiger partial charge in [-0.25, -0.2) is 0 Å². The summed E-state index contributed by atoms with van der Waals surface area (Å²) in [7, 11) is 3.51. The van der Waals surface area contributed by atoms with E-state index in [0.29, 0.717) is 15.9 Å². The van der Waals surface area contributed by atoms with Crippen LogP contribution in [0.25, 0.3) is 0 Å². The molecule has 0 unspecified atom stereocenters. The molecule has 146 valence electrons. The fourth-order valence-corrected chi connectivity index (χ4v) is 4.76. The summed E-state index contributed by atoms with van der Waals surface area (Å²) in [5.41, 5.74) is 1.84. The first-order valence-corrected chi connectivity index (χ1v) is 9.88. The third-order valence-electron chi connectivity index (χ3n) is 5.43. The Morgan fingerprint density at radius 1 is 1.29 bits per heavy atom. The fourth-order valence-electron chi connectivity index (χ4n) is 4.17. The van der Waals surface area contributed by atoms with Crippen LogP contribution >= 0.6 is 23.8 Å². The van der Waals surface area contributed by atoms with Crippen LogP contribution in [0.15, 0.2) is 42.5 Å². The molecule has 1 fully saturated rings. The Bertz CT molecular complexity index is 980. The average Bonchev–Trinajstić information content (AvgIpc) is 2.61. The number of amides is 1. The molecule has 7 heteroatoms. The number of nitrogens with one attached hydrogen (secondary N) is 1. The molecule has 4 rings (SSSR count). The maximum atomic E-state index is 13.3. The molecule has 1 N–H and O–H groups in total. The SMILES string of the molecule is Cc1cccc(N2C(=S)N[C@H]3c4cc(Cl)ccc4O[C@@]2(C)[C@@H]3C(=O)N(C)C)c1. The van der Waals surface area contributed by atoms with Crippen LogP contribution < -0.4 is 15.0 Å². The molecule has 1 amide bonds. The van der Waals surface area contributed by atoms with Gasteiger partial charge in [-0.3, -0.25) is 9.69 Å². The molecular weight excluding hydrogens is 394 g/mol. The van der Waals surface area contributed by atoms with Crippen LogP contribution in [0, 0.1) is 12.8 Å².